The van der Waals surface area contributed by atoms with Gasteiger partial charge in [0.2, 0.25) is 5.91 Å². The summed E-state index contributed by atoms with van der Waals surface area (Å²) in [4.78, 5) is 33.7. The number of carbonyl (C=O) groups excluding carboxylic acids is 3. The second-order valence-electron chi connectivity index (χ2n) is 3.27. The number of hydrogen-bond acceptors (Lipinski definition) is 5. The summed E-state index contributed by atoms with van der Waals surface area (Å²) in [6, 6.07) is 0. The molecular formula is C8H9F3N2O4. The first-order valence-corrected chi connectivity index (χ1v) is 4.59. The van der Waals surface area contributed by atoms with Crippen LogP contribution in [0, 0.1) is 0 Å². The normalized spacial score (nSPS) is 20.9. The van der Waals surface area contributed by atoms with Crippen molar-refractivity contribution in [2.45, 2.75) is 18.7 Å². The molecule has 0 aromatic heterocycles. The molecule has 9 heteroatoms. The van der Waals surface area contributed by atoms with E-state index < -0.39 is 36.5 Å². The molecule has 1 unspecified atom stereocenters. The van der Waals surface area contributed by atoms with Gasteiger partial charge in [-0.25, -0.2) is 4.79 Å². The molecule has 1 heterocycles. The van der Waals surface area contributed by atoms with E-state index in [9.17, 15) is 27.6 Å². The van der Waals surface area contributed by atoms with Gasteiger partial charge in [-0.15, -0.1) is 0 Å². The number of amides is 2. The quantitative estimate of drug-likeness (QED) is 0.525. The molecule has 0 bridgehead atoms. The zero-order valence-corrected chi connectivity index (χ0v) is 8.49. The molecule has 0 aromatic rings. The van der Waals surface area contributed by atoms with Gasteiger partial charge in [0, 0.05) is 13.1 Å². The van der Waals surface area contributed by atoms with Crippen LogP contribution in [0.4, 0.5) is 13.2 Å². The van der Waals surface area contributed by atoms with Gasteiger partial charge in [0.1, 0.15) is 0 Å². The van der Waals surface area contributed by atoms with E-state index in [0.29, 0.717) is 4.90 Å². The number of imide groups is 1. The highest BCUT2D eigenvalue weighted by molar-refractivity contribution is 6.05. The summed E-state index contributed by atoms with van der Waals surface area (Å²) in [5, 5.41) is 0. The number of esters is 1. The van der Waals surface area contributed by atoms with E-state index in [-0.39, 0.29) is 13.1 Å². The van der Waals surface area contributed by atoms with Crippen LogP contribution in [-0.2, 0) is 19.1 Å². The molecule has 0 spiro atoms. The third-order valence-electron chi connectivity index (χ3n) is 2.04. The van der Waals surface area contributed by atoms with E-state index >= 15 is 0 Å². The highest BCUT2D eigenvalue weighted by Gasteiger charge is 2.47. The van der Waals surface area contributed by atoms with Gasteiger partial charge in [-0.2, -0.15) is 13.2 Å². The molecule has 1 atom stereocenters. The molecule has 2 amide bonds. The lowest BCUT2D eigenvalue weighted by Crippen LogP contribution is -2.38. The van der Waals surface area contributed by atoms with Crippen molar-refractivity contribution in [3.8, 4) is 0 Å². The maximum absolute atomic E-state index is 11.9. The van der Waals surface area contributed by atoms with Crippen LogP contribution in [-0.4, -0.2) is 48.1 Å². The number of nitrogens with two attached hydrogens (primary N) is 1. The van der Waals surface area contributed by atoms with E-state index in [0.717, 1.165) is 0 Å². The number of alkyl halides is 3. The molecule has 1 saturated heterocycles. The lowest BCUT2D eigenvalue weighted by atomic mass is 10.3. The van der Waals surface area contributed by atoms with Crippen molar-refractivity contribution in [1.82, 2.24) is 4.90 Å². The van der Waals surface area contributed by atoms with Gasteiger partial charge in [-0.05, 0) is 0 Å². The number of likely N-dealkylation sites (tertiary alicyclic amines) is 1. The summed E-state index contributed by atoms with van der Waals surface area (Å²) >= 11 is 0. The summed E-state index contributed by atoms with van der Waals surface area (Å²) in [7, 11) is 0. The van der Waals surface area contributed by atoms with Crippen LogP contribution in [0.15, 0.2) is 0 Å². The van der Waals surface area contributed by atoms with Gasteiger partial charge in [0.15, 0.2) is 6.10 Å². The molecule has 1 rings (SSSR count). The Morgan fingerprint density at radius 3 is 2.53 bits per heavy atom. The number of nitrogens with zero attached hydrogens (tertiary/aromatic N) is 1. The number of ether oxygens (including phenoxy) is 1. The molecule has 1 fully saturated rings. The zero-order chi connectivity index (χ0) is 13.2. The lowest BCUT2D eigenvalue weighted by Gasteiger charge is -2.14. The number of hydrogen-bond donors (Lipinski definition) is 1. The fraction of sp³-hybridized carbons (Fsp3) is 0.625. The molecule has 96 valence electrons. The van der Waals surface area contributed by atoms with E-state index in [1.54, 1.807) is 0 Å². The fourth-order valence-corrected chi connectivity index (χ4v) is 1.30. The van der Waals surface area contributed by atoms with Crippen molar-refractivity contribution in [3.63, 3.8) is 0 Å². The smallest absolute Gasteiger partial charge is 0.445 e. The van der Waals surface area contributed by atoms with E-state index in [1.165, 1.54) is 0 Å². The van der Waals surface area contributed by atoms with Crippen molar-refractivity contribution in [2.75, 3.05) is 13.1 Å². The summed E-state index contributed by atoms with van der Waals surface area (Å²) in [6.07, 6.45) is -7.48. The zero-order valence-electron chi connectivity index (χ0n) is 8.49. The highest BCUT2D eigenvalue weighted by atomic mass is 19.4. The van der Waals surface area contributed by atoms with E-state index in [2.05, 4.69) is 4.74 Å². The van der Waals surface area contributed by atoms with E-state index in [1.807, 2.05) is 0 Å². The van der Waals surface area contributed by atoms with Crippen molar-refractivity contribution in [3.05, 3.63) is 0 Å². The third-order valence-corrected chi connectivity index (χ3v) is 2.04. The van der Waals surface area contributed by atoms with Crippen molar-refractivity contribution in [2.24, 2.45) is 5.73 Å². The molecule has 0 saturated carbocycles. The van der Waals surface area contributed by atoms with Crippen molar-refractivity contribution >= 4 is 17.8 Å². The Morgan fingerprint density at radius 1 is 1.47 bits per heavy atom. The minimum absolute atomic E-state index is 0.0165. The summed E-state index contributed by atoms with van der Waals surface area (Å²) < 4.78 is 39.5. The van der Waals surface area contributed by atoms with Crippen molar-refractivity contribution in [1.29, 1.82) is 0 Å². The molecule has 0 radical (unpaired) electrons. The Balaban J connectivity index is 2.67. The summed E-state index contributed by atoms with van der Waals surface area (Å²) in [5.74, 6) is -4.17. The van der Waals surface area contributed by atoms with Crippen LogP contribution in [0.25, 0.3) is 0 Å². The second kappa shape index (κ2) is 4.70. The Kier molecular flexibility index (Phi) is 3.71. The van der Waals surface area contributed by atoms with Gasteiger partial charge in [0.25, 0.3) is 5.91 Å². The minimum atomic E-state index is -5.19. The predicted octanol–water partition coefficient (Wildman–Crippen LogP) is -0.822. The monoisotopic (exact) mass is 254 g/mol. The molecular weight excluding hydrogens is 245 g/mol. The second-order valence-corrected chi connectivity index (χ2v) is 3.27. The number of halogens is 3. The van der Waals surface area contributed by atoms with Gasteiger partial charge < -0.3 is 10.5 Å². The Morgan fingerprint density at radius 2 is 2.06 bits per heavy atom. The molecule has 1 aliphatic heterocycles. The SMILES string of the molecule is NCCN1C(=O)CC(OC(=O)C(F)(F)F)C1=O. The Bertz CT molecular complexity index is 355. The van der Waals surface area contributed by atoms with Crippen LogP contribution in [0.3, 0.4) is 0 Å². The first-order valence-electron chi connectivity index (χ1n) is 4.59. The topological polar surface area (TPSA) is 89.7 Å². The average Bonchev–Trinajstić information content (AvgIpc) is 2.45. The highest BCUT2D eigenvalue weighted by Crippen LogP contribution is 2.22. The Labute approximate surface area is 93.5 Å². The molecule has 1 aliphatic rings. The first-order chi connectivity index (χ1) is 7.77. The molecule has 0 aliphatic carbocycles. The first kappa shape index (κ1) is 13.4. The maximum atomic E-state index is 11.9. The van der Waals surface area contributed by atoms with Crippen LogP contribution in [0.2, 0.25) is 0 Å². The summed E-state index contributed by atoms with van der Waals surface area (Å²) in [5.41, 5.74) is 5.11. The summed E-state index contributed by atoms with van der Waals surface area (Å²) in [6.45, 7) is -0.130. The lowest BCUT2D eigenvalue weighted by molar-refractivity contribution is -0.204. The third kappa shape index (κ3) is 2.93. The molecule has 6 nitrogen and oxygen atoms in total. The van der Waals surface area contributed by atoms with E-state index in [4.69, 9.17) is 5.73 Å². The van der Waals surface area contributed by atoms with Gasteiger partial charge in [-0.3, -0.25) is 14.5 Å². The van der Waals surface area contributed by atoms with Crippen molar-refractivity contribution < 1.29 is 32.3 Å². The van der Waals surface area contributed by atoms with Crippen LogP contribution >= 0.6 is 0 Å². The largest absolute Gasteiger partial charge is 0.490 e. The van der Waals surface area contributed by atoms with Crippen LogP contribution < -0.4 is 5.73 Å². The van der Waals surface area contributed by atoms with Crippen LogP contribution in [0.5, 0.6) is 0 Å². The van der Waals surface area contributed by atoms with Gasteiger partial charge in [-0.1, -0.05) is 0 Å². The standard InChI is InChI=1S/C8H9F3N2O4/c9-8(10,11)7(16)17-4-3-5(14)13(2-1-12)6(4)15/h4H,1-3,12H2. The molecule has 17 heavy (non-hydrogen) atoms. The fourth-order valence-electron chi connectivity index (χ4n) is 1.30. The molecule has 2 N–H and O–H groups in total. The Hall–Kier alpha value is -1.64. The number of rotatable bonds is 3. The minimum Gasteiger partial charge on any atom is -0.445 e. The maximum Gasteiger partial charge on any atom is 0.490 e. The number of carbonyl (C=O) groups is 3. The molecule has 0 aromatic carbocycles. The predicted molar refractivity (Wildman–Crippen MR) is 46.3 cm³/mol. The van der Waals surface area contributed by atoms with Gasteiger partial charge >= 0.3 is 12.1 Å². The average molecular weight is 254 g/mol. The van der Waals surface area contributed by atoms with Crippen LogP contribution in [0.1, 0.15) is 6.42 Å². The van der Waals surface area contributed by atoms with Gasteiger partial charge in [0.05, 0.1) is 6.42 Å².